The van der Waals surface area contributed by atoms with Crippen LogP contribution in [0.1, 0.15) is 25.3 Å². The highest BCUT2D eigenvalue weighted by molar-refractivity contribution is 5.77. The number of aromatic hydroxyl groups is 1. The van der Waals surface area contributed by atoms with Gasteiger partial charge in [0.15, 0.2) is 0 Å². The number of halogens is 1. The van der Waals surface area contributed by atoms with Crippen molar-refractivity contribution in [2.45, 2.75) is 19.8 Å². The van der Waals surface area contributed by atoms with Gasteiger partial charge in [0.2, 0.25) is 0 Å². The predicted molar refractivity (Wildman–Crippen MR) is 53.3 cm³/mol. The lowest BCUT2D eigenvalue weighted by Crippen LogP contribution is -2.17. The van der Waals surface area contributed by atoms with Crippen LogP contribution in [0.2, 0.25) is 0 Å². The summed E-state index contributed by atoms with van der Waals surface area (Å²) in [7, 11) is 0. The lowest BCUT2D eigenvalue weighted by molar-refractivity contribution is -0.139. The van der Waals surface area contributed by atoms with Crippen LogP contribution in [0.5, 0.6) is 5.75 Å². The average Bonchev–Trinajstić information content (AvgIpc) is 2.10. The van der Waals surface area contributed by atoms with Crippen molar-refractivity contribution in [1.29, 1.82) is 0 Å². The van der Waals surface area contributed by atoms with E-state index in [-0.39, 0.29) is 17.2 Å². The Morgan fingerprint density at radius 1 is 1.40 bits per heavy atom. The number of phenols is 1. The standard InChI is InChI=1S/C11H13FO3/c1-6(2)10(11(14)15)8-5-7(12)3-4-9(8)13/h3-6,10,13H,1-2H3,(H,14,15). The van der Waals surface area contributed by atoms with Crippen molar-refractivity contribution in [2.75, 3.05) is 0 Å². The normalized spacial score (nSPS) is 12.8. The first-order chi connectivity index (χ1) is 6.93. The highest BCUT2D eigenvalue weighted by Gasteiger charge is 2.26. The van der Waals surface area contributed by atoms with Crippen molar-refractivity contribution < 1.29 is 19.4 Å². The van der Waals surface area contributed by atoms with Crippen molar-refractivity contribution in [2.24, 2.45) is 5.92 Å². The maximum Gasteiger partial charge on any atom is 0.311 e. The van der Waals surface area contributed by atoms with E-state index >= 15 is 0 Å². The summed E-state index contributed by atoms with van der Waals surface area (Å²) in [5.41, 5.74) is 0.123. The summed E-state index contributed by atoms with van der Waals surface area (Å²) in [5.74, 6) is -2.89. The minimum atomic E-state index is -1.06. The van der Waals surface area contributed by atoms with Gasteiger partial charge in [-0.15, -0.1) is 0 Å². The van der Waals surface area contributed by atoms with Crippen LogP contribution in [-0.2, 0) is 4.79 Å². The molecule has 3 nitrogen and oxygen atoms in total. The van der Waals surface area contributed by atoms with Gasteiger partial charge in [-0.25, -0.2) is 4.39 Å². The number of hydrogen-bond acceptors (Lipinski definition) is 2. The first-order valence-corrected chi connectivity index (χ1v) is 4.64. The zero-order chi connectivity index (χ0) is 11.6. The van der Waals surface area contributed by atoms with E-state index in [1.807, 2.05) is 0 Å². The summed E-state index contributed by atoms with van der Waals surface area (Å²) in [6.07, 6.45) is 0. The number of aliphatic carboxylic acids is 1. The molecule has 1 atom stereocenters. The minimum Gasteiger partial charge on any atom is -0.508 e. The number of rotatable bonds is 3. The number of carbonyl (C=O) groups is 1. The zero-order valence-corrected chi connectivity index (χ0v) is 8.57. The molecule has 1 aromatic carbocycles. The Bertz CT molecular complexity index is 374. The van der Waals surface area contributed by atoms with Crippen molar-refractivity contribution in [3.8, 4) is 5.75 Å². The van der Waals surface area contributed by atoms with Crippen LogP contribution in [0.3, 0.4) is 0 Å². The first-order valence-electron chi connectivity index (χ1n) is 4.64. The number of carboxylic acid groups (broad SMARTS) is 1. The fourth-order valence-electron chi connectivity index (χ4n) is 1.55. The Labute approximate surface area is 87.2 Å². The third-order valence-corrected chi connectivity index (χ3v) is 2.26. The summed E-state index contributed by atoms with van der Waals surface area (Å²) in [6, 6.07) is 3.33. The molecular formula is C11H13FO3. The third kappa shape index (κ3) is 2.46. The van der Waals surface area contributed by atoms with Gasteiger partial charge >= 0.3 is 5.97 Å². The Kier molecular flexibility index (Phi) is 3.29. The summed E-state index contributed by atoms with van der Waals surface area (Å²) in [6.45, 7) is 3.42. The molecule has 0 fully saturated rings. The maximum atomic E-state index is 12.9. The molecule has 0 aliphatic carbocycles. The number of carboxylic acids is 1. The number of hydrogen-bond donors (Lipinski definition) is 2. The van der Waals surface area contributed by atoms with Crippen LogP contribution < -0.4 is 0 Å². The second-order valence-corrected chi connectivity index (χ2v) is 3.76. The molecule has 4 heteroatoms. The molecule has 0 saturated heterocycles. The van der Waals surface area contributed by atoms with Gasteiger partial charge in [-0.2, -0.15) is 0 Å². The lowest BCUT2D eigenvalue weighted by atomic mass is 9.88. The quantitative estimate of drug-likeness (QED) is 0.808. The topological polar surface area (TPSA) is 57.5 Å². The Morgan fingerprint density at radius 2 is 2.00 bits per heavy atom. The Hall–Kier alpha value is -1.58. The fraction of sp³-hybridized carbons (Fsp3) is 0.364. The molecule has 0 radical (unpaired) electrons. The number of phenolic OH excluding ortho intramolecular Hbond substituents is 1. The van der Waals surface area contributed by atoms with E-state index in [0.29, 0.717) is 0 Å². The third-order valence-electron chi connectivity index (χ3n) is 2.26. The zero-order valence-electron chi connectivity index (χ0n) is 8.57. The van der Waals surface area contributed by atoms with E-state index in [4.69, 9.17) is 5.11 Å². The van der Waals surface area contributed by atoms with Gasteiger partial charge in [-0.05, 0) is 24.1 Å². The second-order valence-electron chi connectivity index (χ2n) is 3.76. The SMILES string of the molecule is CC(C)C(C(=O)O)c1cc(F)ccc1O. The maximum absolute atomic E-state index is 12.9. The molecule has 0 aliphatic rings. The highest BCUT2D eigenvalue weighted by Crippen LogP contribution is 2.31. The molecule has 0 amide bonds. The van der Waals surface area contributed by atoms with Crippen LogP contribution in [0.25, 0.3) is 0 Å². The predicted octanol–water partition coefficient (Wildman–Crippen LogP) is 2.36. The van der Waals surface area contributed by atoms with E-state index < -0.39 is 17.7 Å². The van der Waals surface area contributed by atoms with Crippen LogP contribution in [0.15, 0.2) is 18.2 Å². The summed E-state index contributed by atoms with van der Waals surface area (Å²) < 4.78 is 12.9. The van der Waals surface area contributed by atoms with Gasteiger partial charge in [-0.3, -0.25) is 4.79 Å². The van der Waals surface area contributed by atoms with Crippen LogP contribution in [-0.4, -0.2) is 16.2 Å². The molecule has 0 aliphatic heterocycles. The molecule has 1 rings (SSSR count). The monoisotopic (exact) mass is 212 g/mol. The lowest BCUT2D eigenvalue weighted by Gasteiger charge is -2.17. The smallest absolute Gasteiger partial charge is 0.311 e. The fourth-order valence-corrected chi connectivity index (χ4v) is 1.55. The van der Waals surface area contributed by atoms with Gasteiger partial charge in [0, 0.05) is 5.56 Å². The van der Waals surface area contributed by atoms with Gasteiger partial charge in [0.05, 0.1) is 5.92 Å². The van der Waals surface area contributed by atoms with Crippen LogP contribution in [0, 0.1) is 11.7 Å². The van der Waals surface area contributed by atoms with Crippen LogP contribution in [0.4, 0.5) is 4.39 Å². The highest BCUT2D eigenvalue weighted by atomic mass is 19.1. The second kappa shape index (κ2) is 4.29. The van der Waals surface area contributed by atoms with Gasteiger partial charge in [0.25, 0.3) is 0 Å². The van der Waals surface area contributed by atoms with Gasteiger partial charge in [-0.1, -0.05) is 13.8 Å². The molecule has 0 saturated carbocycles. The molecule has 0 spiro atoms. The summed E-state index contributed by atoms with van der Waals surface area (Å²) in [5, 5.41) is 18.5. The van der Waals surface area contributed by atoms with Gasteiger partial charge < -0.3 is 10.2 Å². The summed E-state index contributed by atoms with van der Waals surface area (Å²) in [4.78, 5) is 11.0. The Morgan fingerprint density at radius 3 is 2.47 bits per heavy atom. The van der Waals surface area contributed by atoms with Crippen molar-refractivity contribution in [3.05, 3.63) is 29.6 Å². The molecule has 0 aromatic heterocycles. The molecule has 0 heterocycles. The van der Waals surface area contributed by atoms with E-state index in [2.05, 4.69) is 0 Å². The van der Waals surface area contributed by atoms with Crippen molar-refractivity contribution >= 4 is 5.97 Å². The van der Waals surface area contributed by atoms with Crippen molar-refractivity contribution in [1.82, 2.24) is 0 Å². The van der Waals surface area contributed by atoms with Crippen molar-refractivity contribution in [3.63, 3.8) is 0 Å². The molecule has 82 valence electrons. The average molecular weight is 212 g/mol. The van der Waals surface area contributed by atoms with E-state index in [0.717, 1.165) is 12.1 Å². The minimum absolute atomic E-state index is 0.123. The molecular weight excluding hydrogens is 199 g/mol. The largest absolute Gasteiger partial charge is 0.508 e. The molecule has 2 N–H and O–H groups in total. The summed E-state index contributed by atoms with van der Waals surface area (Å²) >= 11 is 0. The van der Waals surface area contributed by atoms with E-state index in [9.17, 15) is 14.3 Å². The Balaban J connectivity index is 3.22. The van der Waals surface area contributed by atoms with E-state index in [1.165, 1.54) is 6.07 Å². The molecule has 0 bridgehead atoms. The first kappa shape index (κ1) is 11.5. The van der Waals surface area contributed by atoms with Crippen LogP contribution >= 0.6 is 0 Å². The molecule has 1 aromatic rings. The van der Waals surface area contributed by atoms with Gasteiger partial charge in [0.1, 0.15) is 11.6 Å². The molecule has 1 unspecified atom stereocenters. The van der Waals surface area contributed by atoms with E-state index in [1.54, 1.807) is 13.8 Å². The number of benzene rings is 1. The molecule has 15 heavy (non-hydrogen) atoms.